The molecule has 0 N–H and O–H groups in total. The van der Waals surface area contributed by atoms with E-state index in [0.29, 0.717) is 38.5 Å². The van der Waals surface area contributed by atoms with Crippen LogP contribution in [0.4, 0.5) is 5.13 Å². The Morgan fingerprint density at radius 3 is 2.62 bits per heavy atom. The summed E-state index contributed by atoms with van der Waals surface area (Å²) in [5.41, 5.74) is 1.04. The number of carbonyl (C=O) groups is 1. The highest BCUT2D eigenvalue weighted by atomic mass is 35.5. The number of furan rings is 1. The van der Waals surface area contributed by atoms with Crippen LogP contribution in [0.1, 0.15) is 16.1 Å². The number of fused-ring (bicyclic) bond motifs is 1. The van der Waals surface area contributed by atoms with Gasteiger partial charge in [-0.1, -0.05) is 35.1 Å². The summed E-state index contributed by atoms with van der Waals surface area (Å²) in [6.07, 6.45) is 1.57. The van der Waals surface area contributed by atoms with E-state index >= 15 is 0 Å². The average Bonchev–Trinajstić information content (AvgIpc) is 3.42. The zero-order valence-electron chi connectivity index (χ0n) is 15.7. The van der Waals surface area contributed by atoms with Crippen LogP contribution in [0, 0.1) is 0 Å². The van der Waals surface area contributed by atoms with Crippen LogP contribution in [0.3, 0.4) is 0 Å². The van der Waals surface area contributed by atoms with Gasteiger partial charge in [-0.3, -0.25) is 9.69 Å². The van der Waals surface area contributed by atoms with Gasteiger partial charge in [0.15, 0.2) is 5.13 Å². The molecule has 148 valence electrons. The predicted molar refractivity (Wildman–Crippen MR) is 113 cm³/mol. The highest BCUT2D eigenvalue weighted by Crippen LogP contribution is 2.39. The van der Waals surface area contributed by atoms with Crippen molar-refractivity contribution in [3.63, 3.8) is 0 Å². The van der Waals surface area contributed by atoms with E-state index in [-0.39, 0.29) is 12.5 Å². The van der Waals surface area contributed by atoms with Crippen molar-refractivity contribution >= 4 is 44.2 Å². The van der Waals surface area contributed by atoms with Gasteiger partial charge >= 0.3 is 0 Å². The Morgan fingerprint density at radius 1 is 1.10 bits per heavy atom. The molecular weight excluding hydrogens is 412 g/mol. The molecule has 2 aromatic heterocycles. The van der Waals surface area contributed by atoms with Crippen LogP contribution in [0.25, 0.3) is 10.2 Å². The van der Waals surface area contributed by atoms with Crippen molar-refractivity contribution in [1.82, 2.24) is 4.98 Å². The highest BCUT2D eigenvalue weighted by molar-refractivity contribution is 7.23. The van der Waals surface area contributed by atoms with Crippen molar-refractivity contribution in [2.24, 2.45) is 0 Å². The number of para-hydroxylation sites is 1. The van der Waals surface area contributed by atoms with E-state index in [2.05, 4.69) is 4.98 Å². The number of thiazole rings is 1. The second kappa shape index (κ2) is 8.14. The van der Waals surface area contributed by atoms with Crippen molar-refractivity contribution in [2.45, 2.75) is 6.54 Å². The van der Waals surface area contributed by atoms with Gasteiger partial charge in [0.1, 0.15) is 22.8 Å². The van der Waals surface area contributed by atoms with Crippen LogP contribution in [-0.4, -0.2) is 25.1 Å². The molecule has 0 aliphatic carbocycles. The van der Waals surface area contributed by atoms with Gasteiger partial charge in [0.05, 0.1) is 42.3 Å². The van der Waals surface area contributed by atoms with Gasteiger partial charge in [0.25, 0.3) is 5.91 Å². The van der Waals surface area contributed by atoms with Crippen molar-refractivity contribution < 1.29 is 18.7 Å². The first-order valence-electron chi connectivity index (χ1n) is 8.72. The van der Waals surface area contributed by atoms with Crippen LogP contribution in [0.2, 0.25) is 5.02 Å². The maximum atomic E-state index is 13.5. The summed E-state index contributed by atoms with van der Waals surface area (Å²) < 4.78 is 17.0. The molecule has 6 nitrogen and oxygen atoms in total. The molecule has 4 rings (SSSR count). The van der Waals surface area contributed by atoms with Crippen LogP contribution in [0.15, 0.2) is 59.2 Å². The Bertz CT molecular complexity index is 1160. The Hall–Kier alpha value is -3.03. The quantitative estimate of drug-likeness (QED) is 0.411. The monoisotopic (exact) mass is 428 g/mol. The molecule has 0 aliphatic heterocycles. The first-order chi connectivity index (χ1) is 14.1. The number of carbonyl (C=O) groups excluding carboxylic acids is 1. The van der Waals surface area contributed by atoms with Gasteiger partial charge in [-0.25, -0.2) is 4.98 Å². The van der Waals surface area contributed by atoms with Crippen LogP contribution >= 0.6 is 22.9 Å². The van der Waals surface area contributed by atoms with Gasteiger partial charge in [0.2, 0.25) is 0 Å². The molecule has 0 saturated carbocycles. The van der Waals surface area contributed by atoms with Gasteiger partial charge in [0, 0.05) is 0 Å². The lowest BCUT2D eigenvalue weighted by Crippen LogP contribution is -2.30. The Labute approximate surface area is 176 Å². The molecule has 0 unspecified atom stereocenters. The maximum Gasteiger partial charge on any atom is 0.264 e. The topological polar surface area (TPSA) is 64.8 Å². The second-order valence-corrected chi connectivity index (χ2v) is 7.48. The molecular formula is C21H17ClN2O4S. The van der Waals surface area contributed by atoms with E-state index in [0.717, 1.165) is 4.70 Å². The van der Waals surface area contributed by atoms with Crippen molar-refractivity contribution in [1.29, 1.82) is 0 Å². The van der Waals surface area contributed by atoms with Gasteiger partial charge < -0.3 is 13.9 Å². The molecule has 0 fully saturated rings. The van der Waals surface area contributed by atoms with Crippen molar-refractivity contribution in [3.05, 3.63) is 71.1 Å². The zero-order chi connectivity index (χ0) is 20.4. The molecule has 8 heteroatoms. The van der Waals surface area contributed by atoms with Gasteiger partial charge in [-0.05, 0) is 36.4 Å². The van der Waals surface area contributed by atoms with Gasteiger partial charge in [-0.15, -0.1) is 0 Å². The summed E-state index contributed by atoms with van der Waals surface area (Å²) in [6.45, 7) is 0.212. The first kappa shape index (κ1) is 19.3. The Balaban J connectivity index is 1.84. The number of anilines is 1. The SMILES string of the molecule is COc1ccccc1C(=O)N(Cc1ccco1)c1nc2c(OC)ccc(Cl)c2s1. The fraction of sp³-hybridized carbons (Fsp3) is 0.143. The molecule has 1 amide bonds. The third kappa shape index (κ3) is 3.66. The molecule has 2 aromatic carbocycles. The van der Waals surface area contributed by atoms with E-state index < -0.39 is 0 Å². The largest absolute Gasteiger partial charge is 0.496 e. The molecule has 4 aromatic rings. The predicted octanol–water partition coefficient (Wildman–Crippen LogP) is 5.41. The van der Waals surface area contributed by atoms with E-state index in [4.69, 9.17) is 25.5 Å². The summed E-state index contributed by atoms with van der Waals surface area (Å²) >= 11 is 7.68. The van der Waals surface area contributed by atoms with E-state index in [1.807, 2.05) is 12.1 Å². The fourth-order valence-electron chi connectivity index (χ4n) is 2.97. The molecule has 0 saturated heterocycles. The summed E-state index contributed by atoms with van der Waals surface area (Å²) in [5, 5.41) is 1.03. The fourth-order valence-corrected chi connectivity index (χ4v) is 4.23. The molecule has 0 radical (unpaired) electrons. The Kier molecular flexibility index (Phi) is 5.42. The molecule has 0 atom stereocenters. The minimum atomic E-state index is -0.256. The zero-order valence-corrected chi connectivity index (χ0v) is 17.3. The number of aromatic nitrogens is 1. The molecule has 0 spiro atoms. The summed E-state index contributed by atoms with van der Waals surface area (Å²) in [4.78, 5) is 19.7. The van der Waals surface area contributed by atoms with Crippen LogP contribution < -0.4 is 14.4 Å². The standard InChI is InChI=1S/C21H17ClN2O4S/c1-26-16-8-4-3-7-14(16)20(25)24(12-13-6-5-11-28-13)21-23-18-17(27-2)10-9-15(22)19(18)29-21/h3-11H,12H2,1-2H3. The highest BCUT2D eigenvalue weighted by Gasteiger charge is 2.26. The lowest BCUT2D eigenvalue weighted by molar-refractivity contribution is 0.0980. The number of hydrogen-bond acceptors (Lipinski definition) is 6. The molecule has 0 bridgehead atoms. The number of nitrogens with zero attached hydrogens (tertiary/aromatic N) is 2. The number of benzene rings is 2. The lowest BCUT2D eigenvalue weighted by Gasteiger charge is -2.20. The average molecular weight is 429 g/mol. The number of hydrogen-bond donors (Lipinski definition) is 0. The van der Waals surface area contributed by atoms with Crippen molar-refractivity contribution in [2.75, 3.05) is 19.1 Å². The molecule has 0 aliphatic rings. The van der Waals surface area contributed by atoms with Crippen LogP contribution in [0.5, 0.6) is 11.5 Å². The van der Waals surface area contributed by atoms with E-state index in [9.17, 15) is 4.79 Å². The number of methoxy groups -OCH3 is 2. The third-order valence-electron chi connectivity index (χ3n) is 4.37. The number of amides is 1. The van der Waals surface area contributed by atoms with E-state index in [1.165, 1.54) is 18.4 Å². The number of ether oxygens (including phenoxy) is 2. The number of halogens is 1. The summed E-state index contributed by atoms with van der Waals surface area (Å²) in [7, 11) is 3.10. The second-order valence-electron chi connectivity index (χ2n) is 6.09. The normalized spacial score (nSPS) is 10.9. The summed E-state index contributed by atoms with van der Waals surface area (Å²) in [5.74, 6) is 1.45. The van der Waals surface area contributed by atoms with Gasteiger partial charge in [-0.2, -0.15) is 0 Å². The first-order valence-corrected chi connectivity index (χ1v) is 9.92. The molecule has 29 heavy (non-hydrogen) atoms. The third-order valence-corrected chi connectivity index (χ3v) is 5.91. The lowest BCUT2D eigenvalue weighted by atomic mass is 10.1. The van der Waals surface area contributed by atoms with Crippen LogP contribution in [-0.2, 0) is 6.54 Å². The smallest absolute Gasteiger partial charge is 0.264 e. The minimum absolute atomic E-state index is 0.212. The van der Waals surface area contributed by atoms with Crippen molar-refractivity contribution in [3.8, 4) is 11.5 Å². The number of rotatable bonds is 6. The minimum Gasteiger partial charge on any atom is -0.496 e. The molecule has 2 heterocycles. The summed E-state index contributed by atoms with van der Waals surface area (Å²) in [6, 6.07) is 14.2. The van der Waals surface area contributed by atoms with E-state index in [1.54, 1.807) is 54.7 Å². The Morgan fingerprint density at radius 2 is 1.90 bits per heavy atom. The maximum absolute atomic E-state index is 13.5.